The summed E-state index contributed by atoms with van der Waals surface area (Å²) in [5.74, 6) is -0.693. The lowest BCUT2D eigenvalue weighted by atomic mass is 9.94. The molecule has 128 valence electrons. The number of halogens is 1. The highest BCUT2D eigenvalue weighted by Crippen LogP contribution is 2.29. The Kier molecular flexibility index (Phi) is 4.81. The van der Waals surface area contributed by atoms with E-state index in [0.717, 1.165) is 5.56 Å². The van der Waals surface area contributed by atoms with Crippen molar-refractivity contribution >= 4 is 28.9 Å². The molecule has 0 radical (unpaired) electrons. The highest BCUT2D eigenvalue weighted by atomic mass is 32.1. The molecule has 0 bridgehead atoms. The van der Waals surface area contributed by atoms with Gasteiger partial charge in [-0.15, -0.1) is 0 Å². The number of aryl methyl sites for hydroxylation is 1. The lowest BCUT2D eigenvalue weighted by Gasteiger charge is -2.30. The molecular weight excluding hydrogens is 337 g/mol. The summed E-state index contributed by atoms with van der Waals surface area (Å²) in [7, 11) is 0. The van der Waals surface area contributed by atoms with E-state index < -0.39 is 11.9 Å². The largest absolute Gasteiger partial charge is 0.351 e. The van der Waals surface area contributed by atoms with Gasteiger partial charge in [0.05, 0.1) is 11.6 Å². The Hall–Kier alpha value is -2.73. The van der Waals surface area contributed by atoms with E-state index in [1.807, 2.05) is 31.2 Å². The number of hydrogen-bond acceptors (Lipinski definition) is 2. The Bertz CT molecular complexity index is 878. The van der Waals surface area contributed by atoms with Gasteiger partial charge in [-0.25, -0.2) is 4.39 Å². The third kappa shape index (κ3) is 3.53. The fourth-order valence-corrected chi connectivity index (χ4v) is 3.11. The molecule has 0 aromatic heterocycles. The Morgan fingerprint density at radius 3 is 2.52 bits per heavy atom. The molecular formula is C19H18FN3OS. The summed E-state index contributed by atoms with van der Waals surface area (Å²) < 4.78 is 14.3. The molecule has 1 amide bonds. The van der Waals surface area contributed by atoms with Crippen LogP contribution in [0.25, 0.3) is 0 Å². The molecule has 3 N–H and O–H groups in total. The fraction of sp³-hybridized carbons (Fsp3) is 0.158. The summed E-state index contributed by atoms with van der Waals surface area (Å²) in [6, 6.07) is 13.2. The first-order valence-electron chi connectivity index (χ1n) is 7.87. The lowest BCUT2D eigenvalue weighted by molar-refractivity contribution is -0.113. The zero-order valence-electron chi connectivity index (χ0n) is 13.9. The third-order valence-corrected chi connectivity index (χ3v) is 4.34. The summed E-state index contributed by atoms with van der Waals surface area (Å²) >= 11 is 5.18. The number of rotatable bonds is 3. The number of thiocarbonyl (C=S) groups is 1. The van der Waals surface area contributed by atoms with Crippen LogP contribution in [-0.2, 0) is 4.79 Å². The summed E-state index contributed by atoms with van der Waals surface area (Å²) in [4.78, 5) is 12.9. The molecule has 4 nitrogen and oxygen atoms in total. The van der Waals surface area contributed by atoms with Crippen molar-refractivity contribution in [2.75, 3.05) is 5.32 Å². The molecule has 6 heteroatoms. The van der Waals surface area contributed by atoms with Crippen LogP contribution in [0.15, 0.2) is 59.8 Å². The number of amides is 1. The first kappa shape index (κ1) is 17.1. The molecule has 1 atom stereocenters. The van der Waals surface area contributed by atoms with Crippen molar-refractivity contribution in [3.8, 4) is 0 Å². The van der Waals surface area contributed by atoms with E-state index in [1.165, 1.54) is 6.07 Å². The maximum Gasteiger partial charge on any atom is 0.255 e. The number of carbonyl (C=O) groups excluding carboxylic acids is 1. The molecule has 0 aliphatic carbocycles. The van der Waals surface area contributed by atoms with Crippen LogP contribution in [0.5, 0.6) is 0 Å². The number of allylic oxidation sites excluding steroid dienone is 1. The maximum atomic E-state index is 14.3. The summed E-state index contributed by atoms with van der Waals surface area (Å²) in [5.41, 5.74) is 3.04. The number of hydrogen-bond donors (Lipinski definition) is 3. The standard InChI is InChI=1S/C19H18FN3OS/c1-11-7-3-6-10-15(11)22-18(24)16-12(2)21-19(25)23-17(16)13-8-4-5-9-14(13)20/h3-10,17H,1-2H3,(H,22,24)(H2,21,23,25)/t17-/m1/s1. The molecule has 0 spiro atoms. The molecule has 0 fully saturated rings. The Morgan fingerprint density at radius 2 is 1.80 bits per heavy atom. The smallest absolute Gasteiger partial charge is 0.255 e. The van der Waals surface area contributed by atoms with Crippen molar-refractivity contribution in [3.05, 3.63) is 76.7 Å². The quantitative estimate of drug-likeness (QED) is 0.737. The van der Waals surface area contributed by atoms with Crippen LogP contribution in [0, 0.1) is 12.7 Å². The monoisotopic (exact) mass is 355 g/mol. The number of carbonyl (C=O) groups is 1. The molecule has 0 saturated carbocycles. The molecule has 3 rings (SSSR count). The summed E-state index contributed by atoms with van der Waals surface area (Å²) in [6.07, 6.45) is 0. The number of anilines is 1. The second-order valence-corrected chi connectivity index (χ2v) is 6.27. The highest BCUT2D eigenvalue weighted by Gasteiger charge is 2.31. The van der Waals surface area contributed by atoms with E-state index in [1.54, 1.807) is 25.1 Å². The van der Waals surface area contributed by atoms with Gasteiger partial charge in [-0.2, -0.15) is 0 Å². The van der Waals surface area contributed by atoms with Gasteiger partial charge in [-0.05, 0) is 43.8 Å². The second kappa shape index (κ2) is 7.03. The SMILES string of the molecule is CC1=C(C(=O)Nc2ccccc2C)[C@@H](c2ccccc2F)NC(=S)N1. The molecule has 25 heavy (non-hydrogen) atoms. The van der Waals surface area contributed by atoms with Gasteiger partial charge in [-0.3, -0.25) is 4.79 Å². The maximum absolute atomic E-state index is 14.3. The average Bonchev–Trinajstić information content (AvgIpc) is 2.56. The van der Waals surface area contributed by atoms with E-state index >= 15 is 0 Å². The predicted molar refractivity (Wildman–Crippen MR) is 101 cm³/mol. The van der Waals surface area contributed by atoms with Crippen molar-refractivity contribution in [2.24, 2.45) is 0 Å². The molecule has 2 aromatic carbocycles. The van der Waals surface area contributed by atoms with E-state index in [9.17, 15) is 9.18 Å². The van der Waals surface area contributed by atoms with Gasteiger partial charge in [-0.1, -0.05) is 36.4 Å². The van der Waals surface area contributed by atoms with Gasteiger partial charge < -0.3 is 16.0 Å². The van der Waals surface area contributed by atoms with E-state index in [2.05, 4.69) is 16.0 Å². The topological polar surface area (TPSA) is 53.2 Å². The molecule has 1 aliphatic rings. The predicted octanol–water partition coefficient (Wildman–Crippen LogP) is 3.57. The molecule has 1 heterocycles. The number of nitrogens with one attached hydrogen (secondary N) is 3. The third-order valence-electron chi connectivity index (χ3n) is 4.12. The van der Waals surface area contributed by atoms with Crippen LogP contribution in [0.3, 0.4) is 0 Å². The Labute approximate surface area is 151 Å². The minimum Gasteiger partial charge on any atom is -0.351 e. The van der Waals surface area contributed by atoms with E-state index in [4.69, 9.17) is 12.2 Å². The van der Waals surface area contributed by atoms with E-state index in [0.29, 0.717) is 27.6 Å². The highest BCUT2D eigenvalue weighted by molar-refractivity contribution is 7.80. The number of para-hydroxylation sites is 1. The second-order valence-electron chi connectivity index (χ2n) is 5.86. The van der Waals surface area contributed by atoms with Gasteiger partial charge >= 0.3 is 0 Å². The molecule has 0 unspecified atom stereocenters. The molecule has 0 saturated heterocycles. The van der Waals surface area contributed by atoms with Crippen molar-refractivity contribution in [2.45, 2.75) is 19.9 Å². The minimum atomic E-state index is -0.654. The zero-order chi connectivity index (χ0) is 18.0. The average molecular weight is 355 g/mol. The first-order chi connectivity index (χ1) is 12.0. The minimum absolute atomic E-state index is 0.303. The zero-order valence-corrected chi connectivity index (χ0v) is 14.7. The van der Waals surface area contributed by atoms with Gasteiger partial charge in [0.2, 0.25) is 0 Å². The van der Waals surface area contributed by atoms with Crippen LogP contribution >= 0.6 is 12.2 Å². The molecule has 2 aromatic rings. The van der Waals surface area contributed by atoms with Crippen LogP contribution in [-0.4, -0.2) is 11.0 Å². The van der Waals surface area contributed by atoms with Crippen LogP contribution in [0.1, 0.15) is 24.1 Å². The lowest BCUT2D eigenvalue weighted by Crippen LogP contribution is -2.46. The Morgan fingerprint density at radius 1 is 1.12 bits per heavy atom. The van der Waals surface area contributed by atoms with Gasteiger partial charge in [0.15, 0.2) is 5.11 Å². The number of benzene rings is 2. The van der Waals surface area contributed by atoms with Gasteiger partial charge in [0.25, 0.3) is 5.91 Å². The van der Waals surface area contributed by atoms with E-state index in [-0.39, 0.29) is 5.91 Å². The summed E-state index contributed by atoms with van der Waals surface area (Å²) in [5, 5.41) is 9.20. The van der Waals surface area contributed by atoms with Gasteiger partial charge in [0, 0.05) is 16.9 Å². The van der Waals surface area contributed by atoms with Crippen molar-refractivity contribution < 1.29 is 9.18 Å². The van der Waals surface area contributed by atoms with Crippen molar-refractivity contribution in [1.29, 1.82) is 0 Å². The summed E-state index contributed by atoms with van der Waals surface area (Å²) in [6.45, 7) is 3.67. The van der Waals surface area contributed by atoms with Crippen molar-refractivity contribution in [1.82, 2.24) is 10.6 Å². The normalized spacial score (nSPS) is 16.9. The fourth-order valence-electron chi connectivity index (χ4n) is 2.84. The van der Waals surface area contributed by atoms with Crippen LogP contribution in [0.2, 0.25) is 0 Å². The first-order valence-corrected chi connectivity index (χ1v) is 8.28. The van der Waals surface area contributed by atoms with Crippen molar-refractivity contribution in [3.63, 3.8) is 0 Å². The molecule has 1 aliphatic heterocycles. The van der Waals surface area contributed by atoms with Gasteiger partial charge in [0.1, 0.15) is 5.82 Å². The Balaban J connectivity index is 1.99. The van der Waals surface area contributed by atoms with Crippen LogP contribution in [0.4, 0.5) is 10.1 Å². The van der Waals surface area contributed by atoms with Crippen LogP contribution < -0.4 is 16.0 Å².